The lowest BCUT2D eigenvalue weighted by Gasteiger charge is -1.94. The molecule has 0 saturated carbocycles. The van der Waals surface area contributed by atoms with Crippen LogP contribution in [0, 0.1) is 0 Å². The summed E-state index contributed by atoms with van der Waals surface area (Å²) in [5.41, 5.74) is 1.31. The summed E-state index contributed by atoms with van der Waals surface area (Å²) in [4.78, 5) is 4.31. The minimum atomic E-state index is 0.579. The Hall–Kier alpha value is -0.590. The third-order valence-corrected chi connectivity index (χ3v) is 1.54. The van der Waals surface area contributed by atoms with Gasteiger partial charge in [-0.05, 0) is 18.9 Å². The highest BCUT2D eigenvalue weighted by atomic mass is 14.8. The van der Waals surface area contributed by atoms with Crippen molar-refractivity contribution in [2.24, 2.45) is 4.99 Å². The van der Waals surface area contributed by atoms with E-state index < -0.39 is 0 Å². The van der Waals surface area contributed by atoms with E-state index in [2.05, 4.69) is 17.1 Å². The Labute approximate surface area is 42.8 Å². The number of allylic oxidation sites excluding steroid dienone is 1. The molecule has 0 fully saturated rings. The molecule has 2 aliphatic heterocycles. The Morgan fingerprint density at radius 3 is 2.86 bits per heavy atom. The van der Waals surface area contributed by atoms with Crippen LogP contribution < -0.4 is 0 Å². The molecule has 2 heterocycles. The highest BCUT2D eigenvalue weighted by Gasteiger charge is 2.17. The van der Waals surface area contributed by atoms with Gasteiger partial charge in [-0.15, -0.1) is 0 Å². The number of hydrogen-bond donors (Lipinski definition) is 0. The van der Waals surface area contributed by atoms with Crippen LogP contribution >= 0.6 is 0 Å². The summed E-state index contributed by atoms with van der Waals surface area (Å²) in [5, 5.41) is 0. The molecule has 0 aromatic carbocycles. The second-order valence-electron chi connectivity index (χ2n) is 2.09. The first-order valence-corrected chi connectivity index (χ1v) is 2.70. The van der Waals surface area contributed by atoms with Gasteiger partial charge in [0.1, 0.15) is 0 Å². The third-order valence-electron chi connectivity index (χ3n) is 1.54. The first-order chi connectivity index (χ1) is 3.45. The molecule has 0 radical (unpaired) electrons. The minimum absolute atomic E-state index is 0.579. The Bertz CT molecular complexity index is 144. The predicted octanol–water partition coefficient (Wildman–Crippen LogP) is 1.16. The molecular weight excluding hydrogens is 86.1 g/mol. The lowest BCUT2D eigenvalue weighted by Crippen LogP contribution is -1.93. The van der Waals surface area contributed by atoms with Crippen LogP contribution in [0.3, 0.4) is 0 Å². The van der Waals surface area contributed by atoms with Gasteiger partial charge in [-0.1, -0.05) is 6.08 Å². The molecule has 7 heavy (non-hydrogen) atoms. The smallest absolute Gasteiger partial charge is 0.0690 e. The Balaban J connectivity index is 2.44. The van der Waals surface area contributed by atoms with E-state index in [1.807, 2.05) is 0 Å². The average molecular weight is 93.1 g/mol. The molecule has 0 aromatic heterocycles. The summed E-state index contributed by atoms with van der Waals surface area (Å²) in [6.45, 7) is 0. The lowest BCUT2D eigenvalue weighted by molar-refractivity contribution is 0.805. The lowest BCUT2D eigenvalue weighted by atomic mass is 10.1. The minimum Gasteiger partial charge on any atom is -0.282 e. The molecule has 0 spiro atoms. The average Bonchev–Trinajstić information content (AvgIpc) is 2.22. The van der Waals surface area contributed by atoms with Crippen LogP contribution in [0.5, 0.6) is 0 Å². The topological polar surface area (TPSA) is 12.4 Å². The van der Waals surface area contributed by atoms with Gasteiger partial charge in [0.05, 0.1) is 6.04 Å². The van der Waals surface area contributed by atoms with E-state index in [0.29, 0.717) is 6.04 Å². The predicted molar refractivity (Wildman–Crippen MR) is 29.6 cm³/mol. The Kier molecular flexibility index (Phi) is 0.474. The fourth-order valence-electron chi connectivity index (χ4n) is 1.13. The van der Waals surface area contributed by atoms with Crippen molar-refractivity contribution in [3.63, 3.8) is 0 Å². The van der Waals surface area contributed by atoms with Gasteiger partial charge >= 0.3 is 0 Å². The van der Waals surface area contributed by atoms with Crippen molar-refractivity contribution < 1.29 is 0 Å². The van der Waals surface area contributed by atoms with Crippen molar-refractivity contribution in [1.29, 1.82) is 0 Å². The molecule has 1 atom stereocenters. The first kappa shape index (κ1) is 3.42. The quantitative estimate of drug-likeness (QED) is 0.426. The van der Waals surface area contributed by atoms with Crippen molar-refractivity contribution in [2.45, 2.75) is 18.9 Å². The summed E-state index contributed by atoms with van der Waals surface area (Å²) in [6.07, 6.45) is 6.81. The van der Waals surface area contributed by atoms with Crippen LogP contribution in [0.4, 0.5) is 0 Å². The maximum absolute atomic E-state index is 4.31. The molecule has 1 unspecified atom stereocenters. The fourth-order valence-corrected chi connectivity index (χ4v) is 1.13. The summed E-state index contributed by atoms with van der Waals surface area (Å²) in [6, 6.07) is 0.579. The molecule has 0 aromatic rings. The maximum Gasteiger partial charge on any atom is 0.0690 e. The second-order valence-corrected chi connectivity index (χ2v) is 2.09. The van der Waals surface area contributed by atoms with Crippen molar-refractivity contribution >= 4 is 5.71 Å². The molecule has 0 aliphatic carbocycles. The highest BCUT2D eigenvalue weighted by molar-refractivity contribution is 5.98. The van der Waals surface area contributed by atoms with Crippen molar-refractivity contribution in [1.82, 2.24) is 0 Å². The van der Waals surface area contributed by atoms with Gasteiger partial charge in [0.2, 0.25) is 0 Å². The Morgan fingerprint density at radius 1 is 1.71 bits per heavy atom. The number of hydrogen-bond acceptors (Lipinski definition) is 1. The molecule has 1 heteroatoms. The Morgan fingerprint density at radius 2 is 2.71 bits per heavy atom. The van der Waals surface area contributed by atoms with E-state index in [4.69, 9.17) is 0 Å². The molecule has 0 N–H and O–H groups in total. The zero-order chi connectivity index (χ0) is 4.69. The molecule has 36 valence electrons. The van der Waals surface area contributed by atoms with Crippen LogP contribution in [-0.2, 0) is 0 Å². The standard InChI is InChI=1S/C6H7N/c1-2-6-4-3-5(1)7-6/h1-2,5H,3-4H2. The molecule has 2 rings (SSSR count). The first-order valence-electron chi connectivity index (χ1n) is 2.70. The van der Waals surface area contributed by atoms with Crippen LogP contribution in [0.15, 0.2) is 17.1 Å². The molecule has 0 saturated heterocycles. The molecule has 2 bridgehead atoms. The molecule has 2 aliphatic rings. The zero-order valence-corrected chi connectivity index (χ0v) is 4.09. The van der Waals surface area contributed by atoms with Gasteiger partial charge in [0, 0.05) is 5.71 Å². The molecule has 0 amide bonds. The van der Waals surface area contributed by atoms with Crippen LogP contribution in [0.2, 0.25) is 0 Å². The largest absolute Gasteiger partial charge is 0.282 e. The second kappa shape index (κ2) is 0.971. The third kappa shape index (κ3) is 0.350. The molecular formula is C6H7N. The van der Waals surface area contributed by atoms with E-state index in [-0.39, 0.29) is 0 Å². The van der Waals surface area contributed by atoms with Gasteiger partial charge in [-0.3, -0.25) is 4.99 Å². The normalized spacial score (nSPS) is 34.3. The maximum atomic E-state index is 4.31. The van der Waals surface area contributed by atoms with Gasteiger partial charge in [-0.25, -0.2) is 0 Å². The van der Waals surface area contributed by atoms with Crippen LogP contribution in [0.1, 0.15) is 12.8 Å². The fraction of sp³-hybridized carbons (Fsp3) is 0.500. The van der Waals surface area contributed by atoms with Gasteiger partial charge in [-0.2, -0.15) is 0 Å². The van der Waals surface area contributed by atoms with E-state index in [0.717, 1.165) is 0 Å². The monoisotopic (exact) mass is 93.1 g/mol. The van der Waals surface area contributed by atoms with Crippen LogP contribution in [0.25, 0.3) is 0 Å². The summed E-state index contributed by atoms with van der Waals surface area (Å²) >= 11 is 0. The SMILES string of the molecule is C1=CC2CCC1=N2. The van der Waals surface area contributed by atoms with E-state index in [9.17, 15) is 0 Å². The number of aliphatic imine (C=N–C) groups is 1. The summed E-state index contributed by atoms with van der Waals surface area (Å²) < 4.78 is 0. The van der Waals surface area contributed by atoms with E-state index in [1.165, 1.54) is 18.6 Å². The number of nitrogens with zero attached hydrogens (tertiary/aromatic N) is 1. The highest BCUT2D eigenvalue weighted by Crippen LogP contribution is 2.20. The zero-order valence-electron chi connectivity index (χ0n) is 4.09. The summed E-state index contributed by atoms with van der Waals surface area (Å²) in [7, 11) is 0. The van der Waals surface area contributed by atoms with E-state index >= 15 is 0 Å². The summed E-state index contributed by atoms with van der Waals surface area (Å²) in [5.74, 6) is 0. The van der Waals surface area contributed by atoms with Gasteiger partial charge in [0.15, 0.2) is 0 Å². The molecule has 1 nitrogen and oxygen atoms in total. The number of fused-ring (bicyclic) bond motifs is 1. The van der Waals surface area contributed by atoms with Gasteiger partial charge < -0.3 is 0 Å². The van der Waals surface area contributed by atoms with Crippen molar-refractivity contribution in [3.05, 3.63) is 12.2 Å². The van der Waals surface area contributed by atoms with Crippen LogP contribution in [-0.4, -0.2) is 11.8 Å². The van der Waals surface area contributed by atoms with Gasteiger partial charge in [0.25, 0.3) is 0 Å². The van der Waals surface area contributed by atoms with Crippen molar-refractivity contribution in [2.75, 3.05) is 0 Å². The van der Waals surface area contributed by atoms with E-state index in [1.54, 1.807) is 0 Å². The number of rotatable bonds is 0. The van der Waals surface area contributed by atoms with Crippen molar-refractivity contribution in [3.8, 4) is 0 Å².